The molecule has 3 heteroatoms. The summed E-state index contributed by atoms with van der Waals surface area (Å²) in [5.41, 5.74) is 5.33. The second-order valence-corrected chi connectivity index (χ2v) is 3.59. The maximum atomic E-state index is 9.38. The molecule has 2 atom stereocenters. The molecule has 0 aliphatic rings. The zero-order chi connectivity index (χ0) is 8.27. The smallest absolute Gasteiger partial charge is 0.0736 e. The van der Waals surface area contributed by atoms with Crippen molar-refractivity contribution in [1.29, 1.82) is 0 Å². The first-order chi connectivity index (χ1) is 5.25. The minimum atomic E-state index is -0.409. The van der Waals surface area contributed by atoms with Gasteiger partial charge >= 0.3 is 0 Å². The Morgan fingerprint density at radius 3 is 2.91 bits per heavy atom. The van der Waals surface area contributed by atoms with E-state index in [1.807, 2.05) is 24.4 Å². The number of aliphatic hydroxyl groups is 1. The van der Waals surface area contributed by atoms with E-state index in [9.17, 15) is 5.11 Å². The minimum absolute atomic E-state index is 0.167. The van der Waals surface area contributed by atoms with Gasteiger partial charge < -0.3 is 10.8 Å². The normalized spacial score (nSPS) is 16.3. The average Bonchev–Trinajstić information content (AvgIpc) is 2.53. The predicted octanol–water partition coefficient (Wildman–Crippen LogP) is 1.17. The molecule has 0 saturated carbocycles. The van der Waals surface area contributed by atoms with Gasteiger partial charge in [0, 0.05) is 17.3 Å². The largest absolute Gasteiger partial charge is 0.391 e. The molecule has 0 radical (unpaired) electrons. The molecule has 0 aliphatic heterocycles. The molecule has 11 heavy (non-hydrogen) atoms. The standard InChI is InChI=1S/C8H13NOS/c1-6(7(10)5-9)8-3-2-4-11-8/h2-4,6-7,10H,5,9H2,1H3. The molecule has 1 heterocycles. The summed E-state index contributed by atoms with van der Waals surface area (Å²) in [5.74, 6) is 0.167. The van der Waals surface area contributed by atoms with Crippen LogP contribution in [-0.4, -0.2) is 17.8 Å². The maximum Gasteiger partial charge on any atom is 0.0736 e. The molecule has 62 valence electrons. The van der Waals surface area contributed by atoms with Gasteiger partial charge in [-0.15, -0.1) is 11.3 Å². The quantitative estimate of drug-likeness (QED) is 0.717. The van der Waals surface area contributed by atoms with Gasteiger partial charge in [-0.2, -0.15) is 0 Å². The third-order valence-corrected chi connectivity index (χ3v) is 2.88. The van der Waals surface area contributed by atoms with Gasteiger partial charge in [-0.1, -0.05) is 13.0 Å². The van der Waals surface area contributed by atoms with Crippen molar-refractivity contribution in [3.63, 3.8) is 0 Å². The maximum absolute atomic E-state index is 9.38. The summed E-state index contributed by atoms with van der Waals surface area (Å²) in [6.07, 6.45) is -0.409. The third kappa shape index (κ3) is 2.02. The van der Waals surface area contributed by atoms with Crippen LogP contribution in [0.3, 0.4) is 0 Å². The lowest BCUT2D eigenvalue weighted by molar-refractivity contribution is 0.159. The van der Waals surface area contributed by atoms with Gasteiger partial charge in [0.05, 0.1) is 6.10 Å². The molecule has 0 aromatic carbocycles. The number of rotatable bonds is 3. The van der Waals surface area contributed by atoms with E-state index in [1.165, 1.54) is 4.88 Å². The van der Waals surface area contributed by atoms with Gasteiger partial charge in [-0.05, 0) is 11.4 Å². The van der Waals surface area contributed by atoms with E-state index in [4.69, 9.17) is 5.73 Å². The van der Waals surface area contributed by atoms with Crippen molar-refractivity contribution in [1.82, 2.24) is 0 Å². The van der Waals surface area contributed by atoms with Gasteiger partial charge in [0.1, 0.15) is 0 Å². The molecule has 0 amide bonds. The van der Waals surface area contributed by atoms with Gasteiger partial charge in [-0.25, -0.2) is 0 Å². The summed E-state index contributed by atoms with van der Waals surface area (Å²) < 4.78 is 0. The van der Waals surface area contributed by atoms with Crippen LogP contribution in [0.15, 0.2) is 17.5 Å². The third-order valence-electron chi connectivity index (χ3n) is 1.81. The van der Waals surface area contributed by atoms with E-state index in [0.717, 1.165) is 0 Å². The van der Waals surface area contributed by atoms with Crippen LogP contribution in [0.1, 0.15) is 17.7 Å². The average molecular weight is 171 g/mol. The van der Waals surface area contributed by atoms with Gasteiger partial charge in [0.25, 0.3) is 0 Å². The molecule has 1 rings (SSSR count). The summed E-state index contributed by atoms with van der Waals surface area (Å²) in [6, 6.07) is 4.01. The lowest BCUT2D eigenvalue weighted by atomic mass is 10.0. The van der Waals surface area contributed by atoms with Crippen LogP contribution in [-0.2, 0) is 0 Å². The number of hydrogen-bond donors (Lipinski definition) is 2. The summed E-state index contributed by atoms with van der Waals surface area (Å²) >= 11 is 1.66. The van der Waals surface area contributed by atoms with Gasteiger partial charge in [-0.3, -0.25) is 0 Å². The van der Waals surface area contributed by atoms with Crippen LogP contribution in [0.5, 0.6) is 0 Å². The lowest BCUT2D eigenvalue weighted by Gasteiger charge is -2.14. The van der Waals surface area contributed by atoms with Crippen molar-refractivity contribution >= 4 is 11.3 Å². The van der Waals surface area contributed by atoms with E-state index < -0.39 is 6.10 Å². The number of hydrogen-bond acceptors (Lipinski definition) is 3. The number of nitrogens with two attached hydrogens (primary N) is 1. The van der Waals surface area contributed by atoms with Crippen molar-refractivity contribution in [2.45, 2.75) is 18.9 Å². The Morgan fingerprint density at radius 1 is 1.73 bits per heavy atom. The molecule has 0 spiro atoms. The Balaban J connectivity index is 2.62. The van der Waals surface area contributed by atoms with Crippen LogP contribution in [0, 0.1) is 0 Å². The molecule has 0 fully saturated rings. The minimum Gasteiger partial charge on any atom is -0.391 e. The Bertz CT molecular complexity index is 198. The first kappa shape index (κ1) is 8.71. The predicted molar refractivity (Wildman–Crippen MR) is 47.8 cm³/mol. The highest BCUT2D eigenvalue weighted by Crippen LogP contribution is 2.23. The highest BCUT2D eigenvalue weighted by atomic mass is 32.1. The second-order valence-electron chi connectivity index (χ2n) is 2.61. The molecule has 1 aromatic heterocycles. The first-order valence-electron chi connectivity index (χ1n) is 3.67. The Hall–Kier alpha value is -0.380. The highest BCUT2D eigenvalue weighted by Gasteiger charge is 2.14. The van der Waals surface area contributed by atoms with Crippen molar-refractivity contribution in [3.8, 4) is 0 Å². The molecule has 0 aliphatic carbocycles. The van der Waals surface area contributed by atoms with E-state index in [2.05, 4.69) is 0 Å². The summed E-state index contributed by atoms with van der Waals surface area (Å²) in [7, 11) is 0. The van der Waals surface area contributed by atoms with Crippen molar-refractivity contribution < 1.29 is 5.11 Å². The lowest BCUT2D eigenvalue weighted by Crippen LogP contribution is -2.24. The summed E-state index contributed by atoms with van der Waals surface area (Å²) in [4.78, 5) is 1.20. The van der Waals surface area contributed by atoms with Crippen LogP contribution >= 0.6 is 11.3 Å². The van der Waals surface area contributed by atoms with Crippen LogP contribution in [0.2, 0.25) is 0 Å². The summed E-state index contributed by atoms with van der Waals surface area (Å²) in [5, 5.41) is 11.4. The fourth-order valence-corrected chi connectivity index (χ4v) is 1.79. The van der Waals surface area contributed by atoms with Gasteiger partial charge in [0.2, 0.25) is 0 Å². The summed E-state index contributed by atoms with van der Waals surface area (Å²) in [6.45, 7) is 2.32. The SMILES string of the molecule is CC(c1cccs1)C(O)CN. The molecule has 0 saturated heterocycles. The van der Waals surface area contributed by atoms with Gasteiger partial charge in [0.15, 0.2) is 0 Å². The van der Waals surface area contributed by atoms with E-state index in [1.54, 1.807) is 11.3 Å². The fraction of sp³-hybridized carbons (Fsp3) is 0.500. The Morgan fingerprint density at radius 2 is 2.45 bits per heavy atom. The molecule has 2 nitrogen and oxygen atoms in total. The first-order valence-corrected chi connectivity index (χ1v) is 4.55. The van der Waals surface area contributed by atoms with E-state index in [-0.39, 0.29) is 5.92 Å². The molecular weight excluding hydrogens is 158 g/mol. The second kappa shape index (κ2) is 3.85. The Kier molecular flexibility index (Phi) is 3.05. The van der Waals surface area contributed by atoms with Crippen LogP contribution in [0.25, 0.3) is 0 Å². The molecule has 2 unspecified atom stereocenters. The molecular formula is C8H13NOS. The molecule has 3 N–H and O–H groups in total. The molecule has 1 aromatic rings. The van der Waals surface area contributed by atoms with Crippen molar-refractivity contribution in [2.75, 3.05) is 6.54 Å². The molecule has 0 bridgehead atoms. The zero-order valence-electron chi connectivity index (χ0n) is 6.53. The fourth-order valence-electron chi connectivity index (χ4n) is 0.944. The van der Waals surface area contributed by atoms with E-state index in [0.29, 0.717) is 6.54 Å². The number of aliphatic hydroxyl groups excluding tert-OH is 1. The van der Waals surface area contributed by atoms with Crippen molar-refractivity contribution in [2.24, 2.45) is 5.73 Å². The highest BCUT2D eigenvalue weighted by molar-refractivity contribution is 7.10. The monoisotopic (exact) mass is 171 g/mol. The Labute approximate surface area is 70.7 Å². The zero-order valence-corrected chi connectivity index (χ0v) is 7.34. The van der Waals surface area contributed by atoms with Crippen molar-refractivity contribution in [3.05, 3.63) is 22.4 Å². The van der Waals surface area contributed by atoms with Crippen LogP contribution < -0.4 is 5.73 Å². The number of thiophene rings is 1. The topological polar surface area (TPSA) is 46.2 Å². The van der Waals surface area contributed by atoms with E-state index >= 15 is 0 Å². The van der Waals surface area contributed by atoms with Crippen LogP contribution in [0.4, 0.5) is 0 Å².